The summed E-state index contributed by atoms with van der Waals surface area (Å²) in [4.78, 5) is 15.6. The van der Waals surface area contributed by atoms with Crippen LogP contribution in [0.15, 0.2) is 60.8 Å². The Balaban J connectivity index is 2.00. The number of pyridine rings is 1. The van der Waals surface area contributed by atoms with Crippen LogP contribution in [0.3, 0.4) is 0 Å². The van der Waals surface area contributed by atoms with Gasteiger partial charge in [0, 0.05) is 22.9 Å². The number of imidazole rings is 1. The van der Waals surface area contributed by atoms with Crippen molar-refractivity contribution >= 4 is 11.9 Å². The molecule has 0 N–H and O–H groups in total. The van der Waals surface area contributed by atoms with Gasteiger partial charge in [0.2, 0.25) is 0 Å². The van der Waals surface area contributed by atoms with Crippen LogP contribution in [0.5, 0.6) is 0 Å². The Hall–Kier alpha value is -3.78. The number of aryl methyl sites for hydroxylation is 1. The summed E-state index contributed by atoms with van der Waals surface area (Å²) < 4.78 is 16.2. The summed E-state index contributed by atoms with van der Waals surface area (Å²) in [7, 11) is 0. The van der Waals surface area contributed by atoms with Crippen molar-refractivity contribution in [2.45, 2.75) is 6.92 Å². The summed E-state index contributed by atoms with van der Waals surface area (Å²) in [5.74, 6) is -0.326. The number of nitrogens with zero attached hydrogens (tertiary/aromatic N) is 3. The monoisotopic (exact) mass is 355 g/mol. The van der Waals surface area contributed by atoms with Crippen molar-refractivity contribution in [1.82, 2.24) is 9.38 Å². The van der Waals surface area contributed by atoms with Crippen LogP contribution in [-0.4, -0.2) is 15.7 Å². The second-order valence-corrected chi connectivity index (χ2v) is 6.26. The summed E-state index contributed by atoms with van der Waals surface area (Å²) >= 11 is 0. The van der Waals surface area contributed by atoms with Crippen LogP contribution in [0.2, 0.25) is 0 Å². The van der Waals surface area contributed by atoms with E-state index < -0.39 is 0 Å². The first-order valence-electron chi connectivity index (χ1n) is 8.35. The topological polar surface area (TPSA) is 58.2 Å². The molecule has 2 heterocycles. The first-order chi connectivity index (χ1) is 13.1. The molecule has 27 heavy (non-hydrogen) atoms. The quantitative estimate of drug-likeness (QED) is 0.496. The van der Waals surface area contributed by atoms with E-state index in [0.29, 0.717) is 39.3 Å². The predicted octanol–water partition coefficient (Wildman–Crippen LogP) is 4.80. The molecule has 0 spiro atoms. The van der Waals surface area contributed by atoms with E-state index in [2.05, 4.69) is 11.1 Å². The smallest absolute Gasteiger partial charge is 0.152 e. The average Bonchev–Trinajstić information content (AvgIpc) is 3.05. The van der Waals surface area contributed by atoms with Crippen LogP contribution >= 0.6 is 0 Å². The molecule has 0 amide bonds. The highest BCUT2D eigenvalue weighted by Gasteiger charge is 2.19. The second kappa shape index (κ2) is 6.50. The Bertz CT molecular complexity index is 1230. The molecule has 0 unspecified atom stereocenters. The van der Waals surface area contributed by atoms with Gasteiger partial charge >= 0.3 is 0 Å². The van der Waals surface area contributed by atoms with Crippen LogP contribution in [-0.2, 0) is 0 Å². The standard InChI is InChI=1S/C22H14FN3O/c1-14-6-7-17(19(23)10-14)16-4-2-3-5-18(16)22-20(12-24)26-9-8-15(13-27)11-21(26)25-22/h2-11,13H,1H3. The lowest BCUT2D eigenvalue weighted by molar-refractivity contribution is 0.112. The molecule has 0 atom stereocenters. The van der Waals surface area contributed by atoms with Crippen LogP contribution in [0.4, 0.5) is 4.39 Å². The van der Waals surface area contributed by atoms with Gasteiger partial charge in [-0.2, -0.15) is 5.26 Å². The number of benzene rings is 2. The Morgan fingerprint density at radius 3 is 2.56 bits per heavy atom. The Morgan fingerprint density at radius 2 is 1.85 bits per heavy atom. The zero-order valence-electron chi connectivity index (χ0n) is 14.5. The first kappa shape index (κ1) is 16.7. The van der Waals surface area contributed by atoms with Gasteiger partial charge in [0.05, 0.1) is 0 Å². The minimum Gasteiger partial charge on any atom is -0.298 e. The molecule has 4 nitrogen and oxygen atoms in total. The predicted molar refractivity (Wildman–Crippen MR) is 101 cm³/mol. The number of fused-ring (bicyclic) bond motifs is 1. The van der Waals surface area contributed by atoms with Gasteiger partial charge in [-0.3, -0.25) is 9.20 Å². The molecule has 0 saturated carbocycles. The third-order valence-corrected chi connectivity index (χ3v) is 4.49. The number of nitriles is 1. The molecule has 0 radical (unpaired) electrons. The lowest BCUT2D eigenvalue weighted by Gasteiger charge is -2.10. The van der Waals surface area contributed by atoms with Gasteiger partial charge in [0.15, 0.2) is 5.69 Å². The molecule has 0 saturated heterocycles. The maximum atomic E-state index is 14.6. The molecule has 4 aromatic rings. The maximum absolute atomic E-state index is 14.6. The number of hydrogen-bond donors (Lipinski definition) is 0. The largest absolute Gasteiger partial charge is 0.298 e. The summed E-state index contributed by atoms with van der Waals surface area (Å²) in [6.07, 6.45) is 2.37. The van der Waals surface area contributed by atoms with Crippen molar-refractivity contribution in [2.75, 3.05) is 0 Å². The Kier molecular flexibility index (Phi) is 4.02. The lowest BCUT2D eigenvalue weighted by atomic mass is 9.96. The number of aromatic nitrogens is 2. The van der Waals surface area contributed by atoms with Crippen LogP contribution in [0, 0.1) is 24.1 Å². The van der Waals surface area contributed by atoms with E-state index >= 15 is 0 Å². The van der Waals surface area contributed by atoms with Gasteiger partial charge in [-0.25, -0.2) is 9.37 Å². The molecule has 4 rings (SSSR count). The Morgan fingerprint density at radius 1 is 1.07 bits per heavy atom. The van der Waals surface area contributed by atoms with E-state index in [0.717, 1.165) is 11.8 Å². The minimum atomic E-state index is -0.326. The summed E-state index contributed by atoms with van der Waals surface area (Å²) in [6, 6.07) is 17.8. The van der Waals surface area contributed by atoms with Gasteiger partial charge < -0.3 is 0 Å². The number of rotatable bonds is 3. The summed E-state index contributed by atoms with van der Waals surface area (Å²) in [6.45, 7) is 1.83. The number of carbonyl (C=O) groups is 1. The summed E-state index contributed by atoms with van der Waals surface area (Å²) in [5, 5.41) is 9.69. The first-order valence-corrected chi connectivity index (χ1v) is 8.35. The third kappa shape index (κ3) is 2.77. The molecule has 0 fully saturated rings. The van der Waals surface area contributed by atoms with Crippen molar-refractivity contribution in [3.05, 3.63) is 83.4 Å². The van der Waals surface area contributed by atoms with Gasteiger partial charge in [-0.1, -0.05) is 36.4 Å². The SMILES string of the molecule is Cc1ccc(-c2ccccc2-c2nc3cc(C=O)ccn3c2C#N)c(F)c1. The number of aldehydes is 1. The zero-order valence-corrected chi connectivity index (χ0v) is 14.5. The fourth-order valence-electron chi connectivity index (χ4n) is 3.19. The Labute approximate surface area is 155 Å². The normalized spacial score (nSPS) is 10.7. The molecule has 0 bridgehead atoms. The molecule has 2 aromatic heterocycles. The van der Waals surface area contributed by atoms with E-state index in [9.17, 15) is 14.4 Å². The van der Waals surface area contributed by atoms with Crippen molar-refractivity contribution in [3.8, 4) is 28.5 Å². The molecule has 0 aliphatic rings. The van der Waals surface area contributed by atoms with Crippen LogP contribution in [0.1, 0.15) is 21.6 Å². The molecular weight excluding hydrogens is 341 g/mol. The lowest BCUT2D eigenvalue weighted by Crippen LogP contribution is -1.93. The second-order valence-electron chi connectivity index (χ2n) is 6.26. The molecule has 130 valence electrons. The molecule has 5 heteroatoms. The highest BCUT2D eigenvalue weighted by atomic mass is 19.1. The zero-order chi connectivity index (χ0) is 19.0. The fraction of sp³-hybridized carbons (Fsp3) is 0.0455. The van der Waals surface area contributed by atoms with Crippen molar-refractivity contribution < 1.29 is 9.18 Å². The fourth-order valence-corrected chi connectivity index (χ4v) is 3.19. The van der Waals surface area contributed by atoms with E-state index in [-0.39, 0.29) is 5.82 Å². The van der Waals surface area contributed by atoms with Crippen molar-refractivity contribution in [2.24, 2.45) is 0 Å². The van der Waals surface area contributed by atoms with Crippen molar-refractivity contribution in [1.29, 1.82) is 5.26 Å². The number of hydrogen-bond acceptors (Lipinski definition) is 3. The van der Waals surface area contributed by atoms with Gasteiger partial charge in [-0.15, -0.1) is 0 Å². The minimum absolute atomic E-state index is 0.326. The van der Waals surface area contributed by atoms with Crippen LogP contribution in [0.25, 0.3) is 28.0 Å². The van der Waals surface area contributed by atoms with E-state index in [1.54, 1.807) is 28.8 Å². The maximum Gasteiger partial charge on any atom is 0.152 e. The molecule has 2 aromatic carbocycles. The van der Waals surface area contributed by atoms with Crippen LogP contribution < -0.4 is 0 Å². The average molecular weight is 355 g/mol. The third-order valence-electron chi connectivity index (χ3n) is 4.49. The van der Waals surface area contributed by atoms with Gasteiger partial charge in [0.1, 0.15) is 29.5 Å². The van der Waals surface area contributed by atoms with Gasteiger partial charge in [-0.05, 0) is 36.2 Å². The number of carbonyl (C=O) groups excluding carboxylic acids is 1. The highest BCUT2D eigenvalue weighted by Crippen LogP contribution is 2.35. The van der Waals surface area contributed by atoms with Crippen molar-refractivity contribution in [3.63, 3.8) is 0 Å². The van der Waals surface area contributed by atoms with E-state index in [1.807, 2.05) is 37.3 Å². The highest BCUT2D eigenvalue weighted by molar-refractivity contribution is 5.86. The molecular formula is C22H14FN3O. The summed E-state index contributed by atoms with van der Waals surface area (Å²) in [5.41, 5.74) is 4.36. The number of halogens is 1. The van der Waals surface area contributed by atoms with Gasteiger partial charge in [0.25, 0.3) is 0 Å². The van der Waals surface area contributed by atoms with E-state index in [1.165, 1.54) is 6.07 Å². The van der Waals surface area contributed by atoms with E-state index in [4.69, 9.17) is 0 Å². The molecule has 0 aliphatic carbocycles. The molecule has 0 aliphatic heterocycles.